The predicted octanol–water partition coefficient (Wildman–Crippen LogP) is 5.37. The molecule has 1 aromatic heterocycles. The molecule has 188 valence electrons. The molecule has 5 nitrogen and oxygen atoms in total. The standard InChI is InChI=1S/C30H34FN3O2/c1-21(2)23-11-13-25(14-12-23)29(24-8-4-3-5-9-24)33-30(36)27-19-26(31)20-34(27)28(35)10-6-7-22-15-17-32-18-16-22/h3-5,8-9,11-18,21,26-27,29H,6-7,10,19-20H2,1-2H3,(H,33,36). The zero-order valence-electron chi connectivity index (χ0n) is 20.9. The predicted molar refractivity (Wildman–Crippen MR) is 139 cm³/mol. The van der Waals surface area contributed by atoms with E-state index < -0.39 is 12.2 Å². The van der Waals surface area contributed by atoms with Gasteiger partial charge in [0.2, 0.25) is 11.8 Å². The number of hydrogen-bond donors (Lipinski definition) is 1. The summed E-state index contributed by atoms with van der Waals surface area (Å²) in [5.41, 5.74) is 4.21. The summed E-state index contributed by atoms with van der Waals surface area (Å²) in [4.78, 5) is 31.9. The molecule has 2 aromatic carbocycles. The maximum absolute atomic E-state index is 14.5. The highest BCUT2D eigenvalue weighted by molar-refractivity contribution is 5.89. The summed E-state index contributed by atoms with van der Waals surface area (Å²) < 4.78 is 14.5. The second kappa shape index (κ2) is 11.9. The maximum atomic E-state index is 14.5. The zero-order chi connectivity index (χ0) is 25.5. The summed E-state index contributed by atoms with van der Waals surface area (Å²) in [5.74, 6) is -0.0942. The molecule has 3 aromatic rings. The SMILES string of the molecule is CC(C)c1ccc(C(NC(=O)C2CC(F)CN2C(=O)CCCc2ccncc2)c2ccccc2)cc1. The van der Waals surface area contributed by atoms with Crippen molar-refractivity contribution in [2.45, 2.75) is 63.7 Å². The van der Waals surface area contributed by atoms with Gasteiger partial charge in [0.15, 0.2) is 0 Å². The van der Waals surface area contributed by atoms with Crippen LogP contribution >= 0.6 is 0 Å². The van der Waals surface area contributed by atoms with Crippen molar-refractivity contribution in [1.82, 2.24) is 15.2 Å². The largest absolute Gasteiger partial charge is 0.343 e. The lowest BCUT2D eigenvalue weighted by atomic mass is 9.95. The molecule has 0 aliphatic carbocycles. The summed E-state index contributed by atoms with van der Waals surface area (Å²) in [7, 11) is 0. The molecular weight excluding hydrogens is 453 g/mol. The van der Waals surface area contributed by atoms with Crippen LogP contribution in [0.15, 0.2) is 79.1 Å². The monoisotopic (exact) mass is 487 g/mol. The van der Waals surface area contributed by atoms with E-state index in [-0.39, 0.29) is 37.2 Å². The van der Waals surface area contributed by atoms with E-state index >= 15 is 0 Å². The van der Waals surface area contributed by atoms with E-state index in [9.17, 15) is 14.0 Å². The number of alkyl halides is 1. The minimum Gasteiger partial charge on any atom is -0.343 e. The first-order chi connectivity index (χ1) is 17.4. The molecule has 1 saturated heterocycles. The van der Waals surface area contributed by atoms with Gasteiger partial charge in [-0.05, 0) is 53.1 Å². The maximum Gasteiger partial charge on any atom is 0.243 e. The summed E-state index contributed by atoms with van der Waals surface area (Å²) in [5, 5.41) is 3.12. The van der Waals surface area contributed by atoms with Gasteiger partial charge in [-0.3, -0.25) is 14.6 Å². The number of hydrogen-bond acceptors (Lipinski definition) is 3. The third-order valence-corrected chi connectivity index (χ3v) is 6.83. The van der Waals surface area contributed by atoms with E-state index in [1.807, 2.05) is 54.6 Å². The van der Waals surface area contributed by atoms with Crippen LogP contribution in [-0.4, -0.2) is 40.5 Å². The van der Waals surface area contributed by atoms with Crippen LogP contribution in [-0.2, 0) is 16.0 Å². The molecule has 6 heteroatoms. The van der Waals surface area contributed by atoms with Gasteiger partial charge in [-0.2, -0.15) is 0 Å². The number of aromatic nitrogens is 1. The number of amides is 2. The fourth-order valence-electron chi connectivity index (χ4n) is 4.76. The van der Waals surface area contributed by atoms with Gasteiger partial charge in [-0.1, -0.05) is 68.4 Å². The lowest BCUT2D eigenvalue weighted by Crippen LogP contribution is -2.47. The van der Waals surface area contributed by atoms with Gasteiger partial charge in [0.05, 0.1) is 12.6 Å². The summed E-state index contributed by atoms with van der Waals surface area (Å²) in [6.45, 7) is 4.24. The first-order valence-corrected chi connectivity index (χ1v) is 12.7. The van der Waals surface area contributed by atoms with Crippen LogP contribution in [0.25, 0.3) is 0 Å². The molecule has 0 radical (unpaired) electrons. The van der Waals surface area contributed by atoms with Crippen molar-refractivity contribution in [1.29, 1.82) is 0 Å². The summed E-state index contributed by atoms with van der Waals surface area (Å²) in [6, 6.07) is 20.6. The second-order valence-electron chi connectivity index (χ2n) is 9.78. The van der Waals surface area contributed by atoms with Crippen LogP contribution in [0.2, 0.25) is 0 Å². The molecule has 1 aliphatic heterocycles. The number of likely N-dealkylation sites (tertiary alicyclic amines) is 1. The van der Waals surface area contributed by atoms with Gasteiger partial charge in [0.1, 0.15) is 12.2 Å². The van der Waals surface area contributed by atoms with E-state index in [4.69, 9.17) is 0 Å². The van der Waals surface area contributed by atoms with Gasteiger partial charge >= 0.3 is 0 Å². The van der Waals surface area contributed by atoms with Crippen molar-refractivity contribution in [3.8, 4) is 0 Å². The third kappa shape index (κ3) is 6.36. The van der Waals surface area contributed by atoms with Gasteiger partial charge < -0.3 is 10.2 Å². The topological polar surface area (TPSA) is 62.3 Å². The Morgan fingerprint density at radius 3 is 2.28 bits per heavy atom. The molecule has 1 aliphatic rings. The van der Waals surface area contributed by atoms with Crippen LogP contribution < -0.4 is 5.32 Å². The van der Waals surface area contributed by atoms with Crippen LogP contribution in [0.3, 0.4) is 0 Å². The average Bonchev–Trinajstić information content (AvgIpc) is 3.30. The number of rotatable bonds is 9. The van der Waals surface area contributed by atoms with Crippen LogP contribution in [0.5, 0.6) is 0 Å². The van der Waals surface area contributed by atoms with Crippen molar-refractivity contribution >= 4 is 11.8 Å². The Bertz CT molecular complexity index is 1140. The fraction of sp³-hybridized carbons (Fsp3) is 0.367. The highest BCUT2D eigenvalue weighted by Gasteiger charge is 2.40. The van der Waals surface area contributed by atoms with E-state index in [1.54, 1.807) is 12.4 Å². The lowest BCUT2D eigenvalue weighted by Gasteiger charge is -2.27. The Balaban J connectivity index is 1.47. The van der Waals surface area contributed by atoms with Gasteiger partial charge in [0, 0.05) is 25.2 Å². The van der Waals surface area contributed by atoms with Gasteiger partial charge in [-0.15, -0.1) is 0 Å². The molecule has 0 spiro atoms. The molecule has 3 atom stereocenters. The number of carbonyl (C=O) groups is 2. The second-order valence-corrected chi connectivity index (χ2v) is 9.78. The van der Waals surface area contributed by atoms with Crippen LogP contribution in [0.1, 0.15) is 67.3 Å². The number of aryl methyl sites for hydroxylation is 1. The van der Waals surface area contributed by atoms with Crippen LogP contribution in [0, 0.1) is 0 Å². The van der Waals surface area contributed by atoms with Crippen molar-refractivity contribution in [2.75, 3.05) is 6.54 Å². The quantitative estimate of drug-likeness (QED) is 0.441. The van der Waals surface area contributed by atoms with Crippen LogP contribution in [0.4, 0.5) is 4.39 Å². The Kier molecular flexibility index (Phi) is 8.47. The normalized spacial score (nSPS) is 18.3. The number of benzene rings is 2. The molecule has 4 rings (SSSR count). The molecule has 0 bridgehead atoms. The highest BCUT2D eigenvalue weighted by Crippen LogP contribution is 2.27. The minimum atomic E-state index is -1.20. The third-order valence-electron chi connectivity index (χ3n) is 6.83. The number of nitrogens with zero attached hydrogens (tertiary/aromatic N) is 2. The molecule has 0 saturated carbocycles. The Morgan fingerprint density at radius 1 is 0.972 bits per heavy atom. The molecular formula is C30H34FN3O2. The number of halogens is 1. The molecule has 2 amide bonds. The van der Waals surface area contributed by atoms with E-state index in [0.29, 0.717) is 12.3 Å². The molecule has 1 N–H and O–H groups in total. The first kappa shape index (κ1) is 25.5. The minimum absolute atomic E-state index is 0.0235. The zero-order valence-corrected chi connectivity index (χ0v) is 20.9. The average molecular weight is 488 g/mol. The molecule has 36 heavy (non-hydrogen) atoms. The lowest BCUT2D eigenvalue weighted by molar-refractivity contribution is -0.138. The number of nitrogens with one attached hydrogen (secondary N) is 1. The van der Waals surface area contributed by atoms with E-state index in [2.05, 4.69) is 36.3 Å². The van der Waals surface area contributed by atoms with Gasteiger partial charge in [-0.25, -0.2) is 4.39 Å². The Morgan fingerprint density at radius 2 is 1.61 bits per heavy atom. The molecule has 1 fully saturated rings. The summed E-state index contributed by atoms with van der Waals surface area (Å²) >= 11 is 0. The van der Waals surface area contributed by atoms with Crippen molar-refractivity contribution in [3.05, 3.63) is 101 Å². The van der Waals surface area contributed by atoms with E-state index in [0.717, 1.165) is 23.1 Å². The highest BCUT2D eigenvalue weighted by atomic mass is 19.1. The van der Waals surface area contributed by atoms with Crippen molar-refractivity contribution < 1.29 is 14.0 Å². The van der Waals surface area contributed by atoms with Crippen molar-refractivity contribution in [3.63, 3.8) is 0 Å². The molecule has 3 unspecified atom stereocenters. The fourth-order valence-corrected chi connectivity index (χ4v) is 4.76. The first-order valence-electron chi connectivity index (χ1n) is 12.7. The van der Waals surface area contributed by atoms with Gasteiger partial charge in [0.25, 0.3) is 0 Å². The smallest absolute Gasteiger partial charge is 0.243 e. The summed E-state index contributed by atoms with van der Waals surface area (Å²) in [6.07, 6.45) is 3.93. The Hall–Kier alpha value is -3.54. The Labute approximate surface area is 212 Å². The number of carbonyl (C=O) groups excluding carboxylic acids is 2. The van der Waals surface area contributed by atoms with E-state index in [1.165, 1.54) is 10.5 Å². The van der Waals surface area contributed by atoms with Crippen molar-refractivity contribution in [2.24, 2.45) is 0 Å². The molecule has 2 heterocycles. The number of pyridine rings is 1.